The van der Waals surface area contributed by atoms with Crippen molar-refractivity contribution < 1.29 is 9.21 Å². The highest BCUT2D eigenvalue weighted by molar-refractivity contribution is 6.29. The Hall–Kier alpha value is -1.55. The van der Waals surface area contributed by atoms with Crippen molar-refractivity contribution in [2.45, 2.75) is 0 Å². The highest BCUT2D eigenvalue weighted by atomic mass is 35.5. The van der Waals surface area contributed by atoms with Crippen LogP contribution in [0.2, 0.25) is 0 Å². The molecule has 14 heavy (non-hydrogen) atoms. The number of nitrogens with zero attached hydrogens (tertiary/aromatic N) is 1. The summed E-state index contributed by atoms with van der Waals surface area (Å²) in [5.41, 5.74) is 7.23. The quantitative estimate of drug-likeness (QED) is 0.467. The Bertz CT molecular complexity index is 493. The molecule has 0 aliphatic carbocycles. The van der Waals surface area contributed by atoms with Gasteiger partial charge in [-0.15, -0.1) is 11.6 Å². The van der Waals surface area contributed by atoms with Gasteiger partial charge < -0.3 is 10.2 Å². The van der Waals surface area contributed by atoms with Crippen LogP contribution in [0, 0.1) is 0 Å². The zero-order chi connectivity index (χ0) is 10.1. The van der Waals surface area contributed by atoms with Crippen LogP contribution < -0.4 is 5.73 Å². The second-order valence-corrected chi connectivity index (χ2v) is 3.07. The minimum Gasteiger partial charge on any atom is -0.434 e. The summed E-state index contributed by atoms with van der Waals surface area (Å²) in [6, 6.07) is 5.00. The SMILES string of the molecule is Nc1ccc2oc(C(=O)CCl)nc2c1. The number of benzene rings is 1. The number of anilines is 1. The molecular formula is C9H7ClN2O2. The number of nitrogens with two attached hydrogens (primary N) is 1. The molecule has 2 aromatic rings. The zero-order valence-corrected chi connectivity index (χ0v) is 7.91. The van der Waals surface area contributed by atoms with Crippen molar-refractivity contribution in [2.24, 2.45) is 0 Å². The van der Waals surface area contributed by atoms with E-state index in [4.69, 9.17) is 21.8 Å². The van der Waals surface area contributed by atoms with E-state index in [1.807, 2.05) is 0 Å². The molecule has 0 spiro atoms. The third-order valence-corrected chi connectivity index (χ3v) is 2.01. The van der Waals surface area contributed by atoms with Crippen LogP contribution in [0.1, 0.15) is 10.7 Å². The fraction of sp³-hybridized carbons (Fsp3) is 0.111. The maximum Gasteiger partial charge on any atom is 0.265 e. The average Bonchev–Trinajstić information content (AvgIpc) is 2.59. The topological polar surface area (TPSA) is 69.1 Å². The maximum absolute atomic E-state index is 11.1. The van der Waals surface area contributed by atoms with Gasteiger partial charge in [0.05, 0.1) is 5.88 Å². The summed E-state index contributed by atoms with van der Waals surface area (Å²) in [4.78, 5) is 15.1. The van der Waals surface area contributed by atoms with E-state index >= 15 is 0 Å². The Labute approximate surface area is 84.7 Å². The smallest absolute Gasteiger partial charge is 0.265 e. The van der Waals surface area contributed by atoms with Gasteiger partial charge in [-0.1, -0.05) is 0 Å². The first-order chi connectivity index (χ1) is 6.70. The Kier molecular flexibility index (Phi) is 2.13. The number of carbonyl (C=O) groups excluding carboxylic acids is 1. The van der Waals surface area contributed by atoms with Gasteiger partial charge in [0, 0.05) is 5.69 Å². The molecule has 1 heterocycles. The van der Waals surface area contributed by atoms with E-state index < -0.39 is 0 Å². The molecule has 0 aliphatic heterocycles. The van der Waals surface area contributed by atoms with Crippen molar-refractivity contribution in [3.8, 4) is 0 Å². The van der Waals surface area contributed by atoms with Crippen molar-refractivity contribution in [3.05, 3.63) is 24.1 Å². The van der Waals surface area contributed by atoms with E-state index in [2.05, 4.69) is 4.98 Å². The molecule has 0 bridgehead atoms. The molecule has 0 fully saturated rings. The number of ketones is 1. The lowest BCUT2D eigenvalue weighted by atomic mass is 10.3. The van der Waals surface area contributed by atoms with E-state index in [-0.39, 0.29) is 17.6 Å². The molecule has 4 nitrogen and oxygen atoms in total. The number of hydrogen-bond donors (Lipinski definition) is 1. The van der Waals surface area contributed by atoms with Crippen LogP contribution in [-0.4, -0.2) is 16.6 Å². The molecule has 2 N–H and O–H groups in total. The molecule has 2 rings (SSSR count). The van der Waals surface area contributed by atoms with Gasteiger partial charge >= 0.3 is 0 Å². The number of hydrogen-bond acceptors (Lipinski definition) is 4. The molecule has 0 atom stereocenters. The lowest BCUT2D eigenvalue weighted by Crippen LogP contribution is -1.99. The van der Waals surface area contributed by atoms with Gasteiger partial charge in [0.15, 0.2) is 5.58 Å². The highest BCUT2D eigenvalue weighted by Gasteiger charge is 2.12. The van der Waals surface area contributed by atoms with Crippen molar-refractivity contribution in [2.75, 3.05) is 11.6 Å². The number of halogens is 1. The minimum atomic E-state index is -0.332. The highest BCUT2D eigenvalue weighted by Crippen LogP contribution is 2.18. The summed E-state index contributed by atoms with van der Waals surface area (Å²) >= 11 is 5.37. The van der Waals surface area contributed by atoms with E-state index in [0.29, 0.717) is 16.8 Å². The fourth-order valence-corrected chi connectivity index (χ4v) is 1.24. The van der Waals surface area contributed by atoms with Crippen LogP contribution in [0.5, 0.6) is 0 Å². The second-order valence-electron chi connectivity index (χ2n) is 2.80. The van der Waals surface area contributed by atoms with E-state index in [0.717, 1.165) is 0 Å². The fourth-order valence-electron chi connectivity index (χ4n) is 1.12. The summed E-state index contributed by atoms with van der Waals surface area (Å²) in [5, 5.41) is 0. The minimum absolute atomic E-state index is 0.0283. The lowest BCUT2D eigenvalue weighted by Gasteiger charge is -1.88. The number of fused-ring (bicyclic) bond motifs is 1. The average molecular weight is 211 g/mol. The molecule has 0 unspecified atom stereocenters. The number of oxazole rings is 1. The largest absolute Gasteiger partial charge is 0.434 e. The molecule has 5 heteroatoms. The Morgan fingerprint density at radius 3 is 3.07 bits per heavy atom. The third-order valence-electron chi connectivity index (χ3n) is 1.77. The van der Waals surface area contributed by atoms with E-state index in [1.165, 1.54) is 0 Å². The van der Waals surface area contributed by atoms with Crippen LogP contribution in [-0.2, 0) is 0 Å². The molecule has 1 aromatic carbocycles. The lowest BCUT2D eigenvalue weighted by molar-refractivity contribution is 0.0986. The van der Waals surface area contributed by atoms with Gasteiger partial charge in [-0.05, 0) is 18.2 Å². The summed E-state index contributed by atoms with van der Waals surface area (Å²) in [7, 11) is 0. The van der Waals surface area contributed by atoms with Crippen LogP contribution >= 0.6 is 11.6 Å². The van der Waals surface area contributed by atoms with Crippen LogP contribution in [0.3, 0.4) is 0 Å². The monoisotopic (exact) mass is 210 g/mol. The van der Waals surface area contributed by atoms with Crippen molar-refractivity contribution in [1.29, 1.82) is 0 Å². The van der Waals surface area contributed by atoms with Crippen LogP contribution in [0.4, 0.5) is 5.69 Å². The number of carbonyl (C=O) groups is 1. The summed E-state index contributed by atoms with van der Waals surface area (Å²) < 4.78 is 5.18. The first-order valence-electron chi connectivity index (χ1n) is 3.96. The first-order valence-corrected chi connectivity index (χ1v) is 4.49. The van der Waals surface area contributed by atoms with Crippen molar-refractivity contribution >= 4 is 34.2 Å². The van der Waals surface area contributed by atoms with Gasteiger partial charge in [-0.3, -0.25) is 4.79 Å². The van der Waals surface area contributed by atoms with Gasteiger partial charge in [0.1, 0.15) is 5.52 Å². The maximum atomic E-state index is 11.1. The third kappa shape index (κ3) is 1.44. The second kappa shape index (κ2) is 3.31. The summed E-state index contributed by atoms with van der Waals surface area (Å²) in [6.45, 7) is 0. The van der Waals surface area contributed by atoms with Gasteiger partial charge in [0.2, 0.25) is 5.78 Å². The summed E-state index contributed by atoms with van der Waals surface area (Å²) in [5.74, 6) is -0.440. The molecule has 72 valence electrons. The molecule has 1 aromatic heterocycles. The number of nitrogen functional groups attached to an aromatic ring is 1. The first kappa shape index (κ1) is 9.02. The molecule has 0 saturated heterocycles. The molecular weight excluding hydrogens is 204 g/mol. The Morgan fingerprint density at radius 2 is 2.36 bits per heavy atom. The van der Waals surface area contributed by atoms with E-state index in [9.17, 15) is 4.79 Å². The number of alkyl halides is 1. The predicted octanol–water partition coefficient (Wildman–Crippen LogP) is 1.83. The zero-order valence-electron chi connectivity index (χ0n) is 7.16. The van der Waals surface area contributed by atoms with Crippen molar-refractivity contribution in [1.82, 2.24) is 4.98 Å². The Morgan fingerprint density at radius 1 is 1.57 bits per heavy atom. The number of aromatic nitrogens is 1. The van der Waals surface area contributed by atoms with Crippen molar-refractivity contribution in [3.63, 3.8) is 0 Å². The summed E-state index contributed by atoms with van der Waals surface area (Å²) in [6.07, 6.45) is 0. The van der Waals surface area contributed by atoms with Gasteiger partial charge in [-0.2, -0.15) is 0 Å². The molecule has 0 radical (unpaired) electrons. The standard InChI is InChI=1S/C9H7ClN2O2/c10-4-7(13)9-12-6-3-5(11)1-2-8(6)14-9/h1-3H,4,11H2. The molecule has 0 amide bonds. The molecule has 0 aliphatic rings. The Balaban J connectivity index is 2.56. The van der Waals surface area contributed by atoms with Crippen LogP contribution in [0.25, 0.3) is 11.1 Å². The molecule has 0 saturated carbocycles. The predicted molar refractivity (Wildman–Crippen MR) is 53.5 cm³/mol. The normalized spacial score (nSPS) is 10.6. The van der Waals surface area contributed by atoms with Gasteiger partial charge in [0.25, 0.3) is 5.89 Å². The number of rotatable bonds is 2. The van der Waals surface area contributed by atoms with Gasteiger partial charge in [-0.25, -0.2) is 4.98 Å². The van der Waals surface area contributed by atoms with E-state index in [1.54, 1.807) is 18.2 Å². The number of Topliss-reactive ketones (excluding diaryl/α,β-unsaturated/α-hetero) is 1. The van der Waals surface area contributed by atoms with Crippen LogP contribution in [0.15, 0.2) is 22.6 Å².